The average molecular weight is 242 g/mol. The normalized spacial score (nSPS) is 10.1. The smallest absolute Gasteiger partial charge is 0.339 e. The van der Waals surface area contributed by atoms with Crippen molar-refractivity contribution in [2.45, 2.75) is 13.8 Å². The highest BCUT2D eigenvalue weighted by Gasteiger charge is 2.19. The van der Waals surface area contributed by atoms with Crippen molar-refractivity contribution in [2.24, 2.45) is 0 Å². The monoisotopic (exact) mass is 242 g/mol. The van der Waals surface area contributed by atoms with E-state index in [1.165, 1.54) is 10.9 Å². The van der Waals surface area contributed by atoms with Crippen LogP contribution in [0.3, 0.4) is 0 Å². The predicted molar refractivity (Wildman–Crippen MR) is 62.5 cm³/mol. The molecule has 2 heterocycles. The van der Waals surface area contributed by atoms with Gasteiger partial charge in [-0.15, -0.1) is 0 Å². The maximum Gasteiger partial charge on any atom is 0.339 e. The van der Waals surface area contributed by atoms with Gasteiger partial charge < -0.3 is 5.11 Å². The molecule has 0 bridgehead atoms. The van der Waals surface area contributed by atoms with Crippen LogP contribution < -0.4 is 0 Å². The molecule has 0 amide bonds. The van der Waals surface area contributed by atoms with Crippen LogP contribution in [0.1, 0.15) is 27.4 Å². The first kappa shape index (κ1) is 11.8. The van der Waals surface area contributed by atoms with Crippen LogP contribution in [0.15, 0.2) is 18.3 Å². The van der Waals surface area contributed by atoms with Gasteiger partial charge in [-0.3, -0.25) is 0 Å². The summed E-state index contributed by atoms with van der Waals surface area (Å²) in [6, 6.07) is 5.31. The molecule has 0 aliphatic carbocycles. The van der Waals surface area contributed by atoms with Gasteiger partial charge in [-0.2, -0.15) is 10.4 Å². The number of aromatic nitrogens is 3. The summed E-state index contributed by atoms with van der Waals surface area (Å²) in [5.41, 5.74) is 1.73. The number of nitriles is 1. The lowest BCUT2D eigenvalue weighted by Gasteiger charge is -2.05. The SMILES string of the molecule is Cc1nn(-c2cccnc2C#N)c(C)c1C(=O)O. The highest BCUT2D eigenvalue weighted by atomic mass is 16.4. The van der Waals surface area contributed by atoms with Crippen LogP contribution in [0.5, 0.6) is 0 Å². The summed E-state index contributed by atoms with van der Waals surface area (Å²) in [4.78, 5) is 15.0. The minimum atomic E-state index is -1.03. The second-order valence-electron chi connectivity index (χ2n) is 3.75. The van der Waals surface area contributed by atoms with Gasteiger partial charge in [-0.1, -0.05) is 0 Å². The van der Waals surface area contributed by atoms with Crippen molar-refractivity contribution >= 4 is 5.97 Å². The summed E-state index contributed by atoms with van der Waals surface area (Å²) in [7, 11) is 0. The molecule has 0 aliphatic rings. The van der Waals surface area contributed by atoms with Crippen LogP contribution in [0.4, 0.5) is 0 Å². The highest BCUT2D eigenvalue weighted by molar-refractivity contribution is 5.90. The molecule has 0 aliphatic heterocycles. The number of pyridine rings is 1. The van der Waals surface area contributed by atoms with E-state index in [4.69, 9.17) is 10.4 Å². The number of aromatic carboxylic acids is 1. The number of carboxylic acids is 1. The number of hydrogen-bond donors (Lipinski definition) is 1. The zero-order chi connectivity index (χ0) is 13.3. The topological polar surface area (TPSA) is 91.8 Å². The lowest BCUT2D eigenvalue weighted by Crippen LogP contribution is -2.05. The van der Waals surface area contributed by atoms with Crippen LogP contribution in [0.2, 0.25) is 0 Å². The standard InChI is InChI=1S/C12H10N4O2/c1-7-11(12(17)18)8(2)16(15-7)10-4-3-5-14-9(10)6-13/h3-5H,1-2H3,(H,17,18). The van der Waals surface area contributed by atoms with Crippen LogP contribution in [0, 0.1) is 25.2 Å². The van der Waals surface area contributed by atoms with Crippen LogP contribution in [0.25, 0.3) is 5.69 Å². The van der Waals surface area contributed by atoms with Gasteiger partial charge in [-0.25, -0.2) is 14.5 Å². The van der Waals surface area contributed by atoms with Crippen LogP contribution >= 0.6 is 0 Å². The Balaban J connectivity index is 2.70. The molecule has 2 rings (SSSR count). The maximum absolute atomic E-state index is 11.1. The summed E-state index contributed by atoms with van der Waals surface area (Å²) in [5.74, 6) is -1.03. The summed E-state index contributed by atoms with van der Waals surface area (Å²) >= 11 is 0. The molecule has 0 spiro atoms. The third-order valence-corrected chi connectivity index (χ3v) is 2.63. The quantitative estimate of drug-likeness (QED) is 0.860. The van der Waals surface area contributed by atoms with Crippen molar-refractivity contribution in [2.75, 3.05) is 0 Å². The molecule has 90 valence electrons. The third kappa shape index (κ3) is 1.72. The molecule has 2 aromatic heterocycles. The Morgan fingerprint density at radius 3 is 2.78 bits per heavy atom. The lowest BCUT2D eigenvalue weighted by atomic mass is 10.2. The van der Waals surface area contributed by atoms with Gasteiger partial charge >= 0.3 is 5.97 Å². The minimum absolute atomic E-state index is 0.155. The Hall–Kier alpha value is -2.68. The summed E-state index contributed by atoms with van der Waals surface area (Å²) in [5, 5.41) is 22.2. The molecule has 1 N–H and O–H groups in total. The number of rotatable bonds is 2. The van der Waals surface area contributed by atoms with E-state index in [0.29, 0.717) is 17.1 Å². The van der Waals surface area contributed by atoms with E-state index in [9.17, 15) is 4.79 Å². The van der Waals surface area contributed by atoms with Crippen LogP contribution in [-0.4, -0.2) is 25.8 Å². The minimum Gasteiger partial charge on any atom is -0.478 e. The van der Waals surface area contributed by atoms with Crippen molar-refractivity contribution in [3.63, 3.8) is 0 Å². The van der Waals surface area contributed by atoms with Gasteiger partial charge in [0, 0.05) is 6.20 Å². The average Bonchev–Trinajstić information content (AvgIpc) is 2.64. The zero-order valence-electron chi connectivity index (χ0n) is 9.88. The first-order chi connectivity index (χ1) is 8.56. The molecule has 18 heavy (non-hydrogen) atoms. The Kier molecular flexibility index (Phi) is 2.81. The molecular weight excluding hydrogens is 232 g/mol. The lowest BCUT2D eigenvalue weighted by molar-refractivity contribution is 0.0695. The molecule has 0 atom stereocenters. The van der Waals surface area contributed by atoms with Gasteiger partial charge in [0.15, 0.2) is 5.69 Å². The molecule has 6 heteroatoms. The Bertz CT molecular complexity index is 667. The van der Waals surface area contributed by atoms with Gasteiger partial charge in [0.1, 0.15) is 17.3 Å². The number of carboxylic acid groups (broad SMARTS) is 1. The Morgan fingerprint density at radius 2 is 2.22 bits per heavy atom. The predicted octanol–water partition coefficient (Wildman–Crippen LogP) is 1.45. The van der Waals surface area contributed by atoms with Crippen molar-refractivity contribution in [1.82, 2.24) is 14.8 Å². The van der Waals surface area contributed by atoms with Crippen molar-refractivity contribution in [3.8, 4) is 11.8 Å². The van der Waals surface area contributed by atoms with E-state index in [1.807, 2.05) is 6.07 Å². The molecule has 0 aromatic carbocycles. The fourth-order valence-corrected chi connectivity index (χ4v) is 1.84. The number of aryl methyl sites for hydroxylation is 1. The molecule has 0 fully saturated rings. The first-order valence-corrected chi connectivity index (χ1v) is 5.21. The van der Waals surface area contributed by atoms with E-state index in [1.54, 1.807) is 26.0 Å². The van der Waals surface area contributed by atoms with Crippen molar-refractivity contribution < 1.29 is 9.90 Å². The zero-order valence-corrected chi connectivity index (χ0v) is 9.88. The van der Waals surface area contributed by atoms with E-state index in [2.05, 4.69) is 10.1 Å². The van der Waals surface area contributed by atoms with Gasteiger partial charge in [-0.05, 0) is 26.0 Å². The summed E-state index contributed by atoms with van der Waals surface area (Å²) in [6.45, 7) is 3.27. The van der Waals surface area contributed by atoms with Crippen LogP contribution in [-0.2, 0) is 0 Å². The van der Waals surface area contributed by atoms with Crippen molar-refractivity contribution in [3.05, 3.63) is 41.0 Å². The Morgan fingerprint density at radius 1 is 1.50 bits per heavy atom. The summed E-state index contributed by atoms with van der Waals surface area (Å²) in [6.07, 6.45) is 1.51. The molecule has 0 radical (unpaired) electrons. The number of hydrogen-bond acceptors (Lipinski definition) is 4. The van der Waals surface area contributed by atoms with Gasteiger partial charge in [0.05, 0.1) is 11.4 Å². The largest absolute Gasteiger partial charge is 0.478 e. The van der Waals surface area contributed by atoms with Gasteiger partial charge in [0.2, 0.25) is 0 Å². The molecular formula is C12H10N4O2. The number of carbonyl (C=O) groups is 1. The maximum atomic E-state index is 11.1. The second-order valence-corrected chi connectivity index (χ2v) is 3.75. The van der Waals surface area contributed by atoms with Crippen molar-refractivity contribution in [1.29, 1.82) is 5.26 Å². The summed E-state index contributed by atoms with van der Waals surface area (Å²) < 4.78 is 1.43. The molecule has 0 unspecified atom stereocenters. The van der Waals surface area contributed by atoms with E-state index in [0.717, 1.165) is 0 Å². The Labute approximate surface area is 103 Å². The van der Waals surface area contributed by atoms with E-state index in [-0.39, 0.29) is 11.3 Å². The van der Waals surface area contributed by atoms with E-state index < -0.39 is 5.97 Å². The van der Waals surface area contributed by atoms with E-state index >= 15 is 0 Å². The fourth-order valence-electron chi connectivity index (χ4n) is 1.84. The molecule has 0 saturated heterocycles. The second kappa shape index (κ2) is 4.30. The molecule has 6 nitrogen and oxygen atoms in total. The first-order valence-electron chi connectivity index (χ1n) is 5.21. The molecule has 2 aromatic rings. The third-order valence-electron chi connectivity index (χ3n) is 2.63. The fraction of sp³-hybridized carbons (Fsp3) is 0.167. The number of nitrogens with zero attached hydrogens (tertiary/aromatic N) is 4. The van der Waals surface area contributed by atoms with Gasteiger partial charge in [0.25, 0.3) is 0 Å². The molecule has 0 saturated carbocycles. The highest BCUT2D eigenvalue weighted by Crippen LogP contribution is 2.19.